The molecule has 0 amide bonds. The predicted molar refractivity (Wildman–Crippen MR) is 73.2 cm³/mol. The second-order valence-electron chi connectivity index (χ2n) is 4.58. The molecule has 1 aromatic heterocycles. The second kappa shape index (κ2) is 6.45. The maximum absolute atomic E-state index is 12.1. The van der Waals surface area contributed by atoms with E-state index in [1.807, 2.05) is 20.8 Å². The predicted octanol–water partition coefficient (Wildman–Crippen LogP) is 1.52. The maximum Gasteiger partial charge on any atom is 0.326 e. The monoisotopic (exact) mass is 284 g/mol. The number of thiazole rings is 1. The van der Waals surface area contributed by atoms with Crippen molar-refractivity contribution in [3.8, 4) is 0 Å². The van der Waals surface area contributed by atoms with Gasteiger partial charge in [-0.15, -0.1) is 11.3 Å². The van der Waals surface area contributed by atoms with Gasteiger partial charge in [0, 0.05) is 11.4 Å². The third kappa shape index (κ3) is 3.52. The molecule has 1 saturated heterocycles. The lowest BCUT2D eigenvalue weighted by Gasteiger charge is -2.32. The van der Waals surface area contributed by atoms with Crippen LogP contribution in [0.3, 0.4) is 0 Å². The second-order valence-corrected chi connectivity index (χ2v) is 5.86. The summed E-state index contributed by atoms with van der Waals surface area (Å²) in [6.07, 6.45) is 0. The normalized spacial score (nSPS) is 20.5. The van der Waals surface area contributed by atoms with Gasteiger partial charge in [0.05, 0.1) is 18.9 Å². The van der Waals surface area contributed by atoms with Crippen LogP contribution in [0.5, 0.6) is 0 Å². The van der Waals surface area contributed by atoms with Gasteiger partial charge in [0.1, 0.15) is 17.7 Å². The molecule has 6 heteroatoms. The molecule has 1 aliphatic rings. The Hall–Kier alpha value is -0.980. The molecule has 1 atom stereocenters. The van der Waals surface area contributed by atoms with Gasteiger partial charge in [-0.3, -0.25) is 9.69 Å². The van der Waals surface area contributed by atoms with Crippen molar-refractivity contribution in [1.29, 1.82) is 0 Å². The summed E-state index contributed by atoms with van der Waals surface area (Å²) in [5.41, 5.74) is 1.01. The molecule has 19 heavy (non-hydrogen) atoms. The number of hydrogen-bond acceptors (Lipinski definition) is 6. The number of carbonyl (C=O) groups excluding carboxylic acids is 1. The highest BCUT2D eigenvalue weighted by atomic mass is 32.1. The van der Waals surface area contributed by atoms with E-state index in [2.05, 4.69) is 9.88 Å². The lowest BCUT2D eigenvalue weighted by Crippen LogP contribution is -2.50. The number of carbonyl (C=O) groups is 1. The van der Waals surface area contributed by atoms with E-state index in [4.69, 9.17) is 9.47 Å². The zero-order valence-electron chi connectivity index (χ0n) is 11.6. The summed E-state index contributed by atoms with van der Waals surface area (Å²) < 4.78 is 10.7. The molecule has 0 aliphatic carbocycles. The SMILES string of the molecule is CCN1CCOCC1C(=O)OCc1nc(C)c(C)s1. The first-order chi connectivity index (χ1) is 9.11. The van der Waals surface area contributed by atoms with Gasteiger partial charge in [0.15, 0.2) is 0 Å². The van der Waals surface area contributed by atoms with Crippen LogP contribution in [0, 0.1) is 13.8 Å². The molecule has 2 heterocycles. The Morgan fingerprint density at radius 3 is 3.00 bits per heavy atom. The number of hydrogen-bond donors (Lipinski definition) is 0. The molecule has 5 nitrogen and oxygen atoms in total. The average molecular weight is 284 g/mol. The fourth-order valence-corrected chi connectivity index (χ4v) is 2.91. The van der Waals surface area contributed by atoms with Gasteiger partial charge in [-0.25, -0.2) is 4.98 Å². The van der Waals surface area contributed by atoms with Crippen molar-refractivity contribution in [3.63, 3.8) is 0 Å². The average Bonchev–Trinajstić information content (AvgIpc) is 2.75. The van der Waals surface area contributed by atoms with Crippen molar-refractivity contribution in [2.75, 3.05) is 26.3 Å². The molecular weight excluding hydrogens is 264 g/mol. The van der Waals surface area contributed by atoms with Crippen LogP contribution in [0.15, 0.2) is 0 Å². The van der Waals surface area contributed by atoms with Gasteiger partial charge in [-0.05, 0) is 20.4 Å². The van der Waals surface area contributed by atoms with Gasteiger partial charge in [0.2, 0.25) is 0 Å². The molecule has 2 rings (SSSR count). The van der Waals surface area contributed by atoms with E-state index >= 15 is 0 Å². The third-order valence-electron chi connectivity index (χ3n) is 3.33. The highest BCUT2D eigenvalue weighted by Crippen LogP contribution is 2.18. The fourth-order valence-electron chi connectivity index (χ4n) is 2.06. The number of aryl methyl sites for hydroxylation is 2. The van der Waals surface area contributed by atoms with E-state index in [0.29, 0.717) is 13.2 Å². The molecule has 1 aromatic rings. The number of aromatic nitrogens is 1. The first-order valence-corrected chi connectivity index (χ1v) is 7.34. The highest BCUT2D eigenvalue weighted by molar-refractivity contribution is 7.11. The summed E-state index contributed by atoms with van der Waals surface area (Å²) in [4.78, 5) is 19.7. The van der Waals surface area contributed by atoms with Crippen LogP contribution in [0.2, 0.25) is 0 Å². The van der Waals surface area contributed by atoms with Crippen LogP contribution >= 0.6 is 11.3 Å². The van der Waals surface area contributed by atoms with E-state index in [-0.39, 0.29) is 18.6 Å². The Labute approximate surface area is 117 Å². The number of esters is 1. The maximum atomic E-state index is 12.1. The molecule has 1 fully saturated rings. The van der Waals surface area contributed by atoms with Gasteiger partial charge in [0.25, 0.3) is 0 Å². The van der Waals surface area contributed by atoms with Gasteiger partial charge in [-0.1, -0.05) is 6.92 Å². The summed E-state index contributed by atoms with van der Waals surface area (Å²) in [6, 6.07) is -0.277. The Morgan fingerprint density at radius 2 is 2.37 bits per heavy atom. The molecule has 0 radical (unpaired) electrons. The van der Waals surface area contributed by atoms with Crippen LogP contribution in [-0.2, 0) is 20.9 Å². The van der Waals surface area contributed by atoms with Gasteiger partial charge in [-0.2, -0.15) is 0 Å². The summed E-state index contributed by atoms with van der Waals surface area (Å²) in [5, 5.41) is 0.850. The van der Waals surface area contributed by atoms with Crippen LogP contribution in [0.4, 0.5) is 0 Å². The Kier molecular flexibility index (Phi) is 4.90. The van der Waals surface area contributed by atoms with Crippen molar-refractivity contribution in [1.82, 2.24) is 9.88 Å². The lowest BCUT2D eigenvalue weighted by atomic mass is 10.2. The summed E-state index contributed by atoms with van der Waals surface area (Å²) in [6.45, 7) is 9.00. The van der Waals surface area contributed by atoms with Crippen molar-refractivity contribution < 1.29 is 14.3 Å². The summed E-state index contributed by atoms with van der Waals surface area (Å²) in [5.74, 6) is -0.216. The molecule has 0 aromatic carbocycles. The van der Waals surface area contributed by atoms with E-state index in [9.17, 15) is 4.79 Å². The molecule has 0 spiro atoms. The van der Waals surface area contributed by atoms with Crippen molar-refractivity contribution in [2.45, 2.75) is 33.4 Å². The number of rotatable bonds is 4. The highest BCUT2D eigenvalue weighted by Gasteiger charge is 2.29. The minimum atomic E-state index is -0.277. The molecule has 1 aliphatic heterocycles. The van der Waals surface area contributed by atoms with E-state index in [0.717, 1.165) is 23.8 Å². The largest absolute Gasteiger partial charge is 0.457 e. The molecule has 1 unspecified atom stereocenters. The van der Waals surface area contributed by atoms with E-state index in [1.54, 1.807) is 11.3 Å². The number of nitrogens with zero attached hydrogens (tertiary/aromatic N) is 2. The standard InChI is InChI=1S/C13H20N2O3S/c1-4-15-5-6-17-7-11(15)13(16)18-8-12-14-9(2)10(3)19-12/h11H,4-8H2,1-3H3. The Balaban J connectivity index is 1.89. The van der Waals surface area contributed by atoms with Gasteiger partial charge >= 0.3 is 5.97 Å². The Morgan fingerprint density at radius 1 is 1.58 bits per heavy atom. The van der Waals surface area contributed by atoms with Crippen molar-refractivity contribution >= 4 is 17.3 Å². The molecule has 106 valence electrons. The zero-order chi connectivity index (χ0) is 13.8. The fraction of sp³-hybridized carbons (Fsp3) is 0.692. The van der Waals surface area contributed by atoms with Crippen LogP contribution in [-0.4, -0.2) is 48.2 Å². The minimum Gasteiger partial charge on any atom is -0.457 e. The topological polar surface area (TPSA) is 51.7 Å². The first-order valence-electron chi connectivity index (χ1n) is 6.53. The van der Waals surface area contributed by atoms with E-state index < -0.39 is 0 Å². The molecule has 0 saturated carbocycles. The minimum absolute atomic E-state index is 0.216. The van der Waals surface area contributed by atoms with E-state index in [1.165, 1.54) is 4.88 Å². The third-order valence-corrected chi connectivity index (χ3v) is 4.37. The molecule has 0 bridgehead atoms. The first kappa shape index (κ1) is 14.4. The number of ether oxygens (including phenoxy) is 2. The zero-order valence-corrected chi connectivity index (χ0v) is 12.5. The van der Waals surface area contributed by atoms with Crippen LogP contribution in [0.25, 0.3) is 0 Å². The smallest absolute Gasteiger partial charge is 0.326 e. The number of morpholine rings is 1. The summed E-state index contributed by atoms with van der Waals surface area (Å²) >= 11 is 1.58. The van der Waals surface area contributed by atoms with Crippen molar-refractivity contribution in [3.05, 3.63) is 15.6 Å². The lowest BCUT2D eigenvalue weighted by molar-refractivity contribution is -0.157. The van der Waals surface area contributed by atoms with Crippen LogP contribution in [0.1, 0.15) is 22.5 Å². The van der Waals surface area contributed by atoms with Crippen molar-refractivity contribution in [2.24, 2.45) is 0 Å². The molecular formula is C13H20N2O3S. The number of likely N-dealkylation sites (N-methyl/N-ethyl adjacent to an activating group) is 1. The van der Waals surface area contributed by atoms with Gasteiger partial charge < -0.3 is 9.47 Å². The van der Waals surface area contributed by atoms with Crippen LogP contribution < -0.4 is 0 Å². The quantitative estimate of drug-likeness (QED) is 0.785. The Bertz CT molecular complexity index is 428. The molecule has 0 N–H and O–H groups in total. The summed E-state index contributed by atoms with van der Waals surface area (Å²) in [7, 11) is 0.